The van der Waals surface area contributed by atoms with Crippen LogP contribution in [0.25, 0.3) is 0 Å². The smallest absolute Gasteiger partial charge is 0.329 e. The zero-order chi connectivity index (χ0) is 13.3. The molecular weight excluding hydrogens is 224 g/mol. The average molecular weight is 246 g/mol. The number of hydrogen-bond acceptors (Lipinski definition) is 3. The van der Waals surface area contributed by atoms with E-state index in [4.69, 9.17) is 9.84 Å². The second-order valence-electron chi connectivity index (χ2n) is 4.07. The Morgan fingerprint density at radius 3 is 2.47 bits per heavy atom. The minimum atomic E-state index is -1.21. The summed E-state index contributed by atoms with van der Waals surface area (Å²) in [7, 11) is 1.62. The molecule has 0 saturated heterocycles. The number of urea groups is 1. The van der Waals surface area contributed by atoms with Gasteiger partial charge in [-0.15, -0.1) is 0 Å². The van der Waals surface area contributed by atoms with Gasteiger partial charge in [0.1, 0.15) is 5.54 Å². The normalized spacial score (nSPS) is 13.8. The number of methoxy groups -OCH3 is 1. The van der Waals surface area contributed by atoms with Gasteiger partial charge in [0.05, 0.1) is 0 Å². The molecule has 0 aromatic carbocycles. The maximum Gasteiger partial charge on any atom is 0.329 e. The highest BCUT2D eigenvalue weighted by atomic mass is 16.5. The number of carboxylic acids is 1. The maximum absolute atomic E-state index is 11.4. The first-order valence-corrected chi connectivity index (χ1v) is 5.74. The molecule has 100 valence electrons. The third kappa shape index (κ3) is 6.11. The molecule has 6 heteroatoms. The molecule has 0 aliphatic heterocycles. The van der Waals surface area contributed by atoms with Crippen LogP contribution in [0.15, 0.2) is 0 Å². The van der Waals surface area contributed by atoms with Crippen molar-refractivity contribution in [2.24, 2.45) is 0 Å². The lowest BCUT2D eigenvalue weighted by Crippen LogP contribution is -2.54. The van der Waals surface area contributed by atoms with Crippen LogP contribution >= 0.6 is 0 Å². The molecule has 0 saturated carbocycles. The predicted molar refractivity (Wildman–Crippen MR) is 64.0 cm³/mol. The molecule has 17 heavy (non-hydrogen) atoms. The minimum Gasteiger partial charge on any atom is -0.480 e. The zero-order valence-corrected chi connectivity index (χ0v) is 10.7. The van der Waals surface area contributed by atoms with Crippen LogP contribution in [0.2, 0.25) is 0 Å². The van der Waals surface area contributed by atoms with Crippen molar-refractivity contribution < 1.29 is 19.4 Å². The molecule has 0 aromatic rings. The summed E-state index contributed by atoms with van der Waals surface area (Å²) >= 11 is 0. The fraction of sp³-hybridized carbons (Fsp3) is 0.818. The number of rotatable bonds is 8. The Labute approximate surface area is 102 Å². The lowest BCUT2D eigenvalue weighted by Gasteiger charge is -2.24. The molecule has 0 heterocycles. The highest BCUT2D eigenvalue weighted by Gasteiger charge is 2.32. The first kappa shape index (κ1) is 15.7. The molecule has 0 aliphatic rings. The van der Waals surface area contributed by atoms with Crippen LogP contribution in [0, 0.1) is 0 Å². The van der Waals surface area contributed by atoms with E-state index in [2.05, 4.69) is 10.6 Å². The van der Waals surface area contributed by atoms with Gasteiger partial charge < -0.3 is 20.5 Å². The monoisotopic (exact) mass is 246 g/mol. The standard InChI is InChI=1S/C11H22N2O4/c1-4-11(2,9(14)15)13-10(16)12-7-5-6-8-17-3/h4-8H2,1-3H3,(H,14,15)(H2,12,13,16). The van der Waals surface area contributed by atoms with Gasteiger partial charge in [0.15, 0.2) is 0 Å². The van der Waals surface area contributed by atoms with E-state index < -0.39 is 17.5 Å². The molecule has 0 radical (unpaired) electrons. The van der Waals surface area contributed by atoms with Crippen LogP contribution in [0.5, 0.6) is 0 Å². The van der Waals surface area contributed by atoms with Crippen molar-refractivity contribution in [3.63, 3.8) is 0 Å². The zero-order valence-electron chi connectivity index (χ0n) is 10.7. The molecule has 0 aromatic heterocycles. The maximum atomic E-state index is 11.4. The van der Waals surface area contributed by atoms with Crippen LogP contribution < -0.4 is 10.6 Å². The van der Waals surface area contributed by atoms with Gasteiger partial charge in [-0.05, 0) is 26.2 Å². The number of aliphatic carboxylic acids is 1. The third-order valence-corrected chi connectivity index (χ3v) is 2.63. The van der Waals surface area contributed by atoms with E-state index in [0.717, 1.165) is 12.8 Å². The first-order valence-electron chi connectivity index (χ1n) is 5.74. The first-order chi connectivity index (χ1) is 7.96. The Morgan fingerprint density at radius 1 is 1.35 bits per heavy atom. The van der Waals surface area contributed by atoms with E-state index in [0.29, 0.717) is 19.6 Å². The van der Waals surface area contributed by atoms with Crippen molar-refractivity contribution in [1.82, 2.24) is 10.6 Å². The Balaban J connectivity index is 3.88. The number of nitrogens with one attached hydrogen (secondary N) is 2. The largest absolute Gasteiger partial charge is 0.480 e. The quantitative estimate of drug-likeness (QED) is 0.557. The molecule has 0 rings (SSSR count). The Morgan fingerprint density at radius 2 is 2.00 bits per heavy atom. The molecule has 3 N–H and O–H groups in total. The minimum absolute atomic E-state index is 0.333. The highest BCUT2D eigenvalue weighted by molar-refractivity contribution is 5.85. The number of amides is 2. The van der Waals surface area contributed by atoms with Crippen LogP contribution in [-0.4, -0.2) is 42.9 Å². The van der Waals surface area contributed by atoms with Crippen molar-refractivity contribution >= 4 is 12.0 Å². The molecule has 0 aliphatic carbocycles. The second kappa shape index (κ2) is 7.89. The predicted octanol–water partition coefficient (Wildman–Crippen LogP) is 0.966. The van der Waals surface area contributed by atoms with Gasteiger partial charge in [0.2, 0.25) is 0 Å². The van der Waals surface area contributed by atoms with Gasteiger partial charge in [0.25, 0.3) is 0 Å². The Kier molecular flexibility index (Phi) is 7.29. The SMILES string of the molecule is CCC(C)(NC(=O)NCCCCOC)C(=O)O. The fourth-order valence-electron chi connectivity index (χ4n) is 1.16. The third-order valence-electron chi connectivity index (χ3n) is 2.63. The molecule has 2 amide bonds. The molecule has 6 nitrogen and oxygen atoms in total. The fourth-order valence-corrected chi connectivity index (χ4v) is 1.16. The highest BCUT2D eigenvalue weighted by Crippen LogP contribution is 2.08. The topological polar surface area (TPSA) is 87.7 Å². The summed E-state index contributed by atoms with van der Waals surface area (Å²) in [5.41, 5.74) is -1.21. The average Bonchev–Trinajstić information content (AvgIpc) is 2.28. The summed E-state index contributed by atoms with van der Waals surface area (Å²) in [5, 5.41) is 14.0. The summed E-state index contributed by atoms with van der Waals surface area (Å²) in [6.45, 7) is 4.37. The van der Waals surface area contributed by atoms with Gasteiger partial charge in [-0.2, -0.15) is 0 Å². The van der Waals surface area contributed by atoms with Crippen LogP contribution in [-0.2, 0) is 9.53 Å². The van der Waals surface area contributed by atoms with E-state index in [-0.39, 0.29) is 0 Å². The Bertz CT molecular complexity index is 258. The Hall–Kier alpha value is -1.30. The molecule has 0 bridgehead atoms. The lowest BCUT2D eigenvalue weighted by molar-refractivity contribution is -0.143. The molecule has 1 unspecified atom stereocenters. The number of carboxylic acid groups (broad SMARTS) is 1. The van der Waals surface area contributed by atoms with E-state index >= 15 is 0 Å². The van der Waals surface area contributed by atoms with Crippen molar-refractivity contribution in [2.45, 2.75) is 38.6 Å². The van der Waals surface area contributed by atoms with Crippen LogP contribution in [0.1, 0.15) is 33.1 Å². The summed E-state index contributed by atoms with van der Waals surface area (Å²) in [4.78, 5) is 22.4. The summed E-state index contributed by atoms with van der Waals surface area (Å²) < 4.78 is 4.87. The molecular formula is C11H22N2O4. The van der Waals surface area contributed by atoms with Gasteiger partial charge >= 0.3 is 12.0 Å². The van der Waals surface area contributed by atoms with Crippen molar-refractivity contribution in [3.8, 4) is 0 Å². The van der Waals surface area contributed by atoms with Crippen molar-refractivity contribution in [2.75, 3.05) is 20.3 Å². The molecule has 0 fully saturated rings. The van der Waals surface area contributed by atoms with Gasteiger partial charge in [0, 0.05) is 20.3 Å². The number of ether oxygens (including phenoxy) is 1. The van der Waals surface area contributed by atoms with Crippen LogP contribution in [0.4, 0.5) is 4.79 Å². The van der Waals surface area contributed by atoms with Crippen molar-refractivity contribution in [1.29, 1.82) is 0 Å². The van der Waals surface area contributed by atoms with Crippen molar-refractivity contribution in [3.05, 3.63) is 0 Å². The van der Waals surface area contributed by atoms with E-state index in [9.17, 15) is 9.59 Å². The lowest BCUT2D eigenvalue weighted by atomic mass is 10.00. The van der Waals surface area contributed by atoms with Crippen LogP contribution in [0.3, 0.4) is 0 Å². The number of carbonyl (C=O) groups excluding carboxylic acids is 1. The van der Waals surface area contributed by atoms with Gasteiger partial charge in [-0.3, -0.25) is 0 Å². The van der Waals surface area contributed by atoms with E-state index in [1.807, 2.05) is 0 Å². The van der Waals surface area contributed by atoms with E-state index in [1.54, 1.807) is 14.0 Å². The second-order valence-corrected chi connectivity index (χ2v) is 4.07. The summed E-state index contributed by atoms with van der Waals surface area (Å²) in [5.74, 6) is -1.03. The van der Waals surface area contributed by atoms with Gasteiger partial charge in [-0.1, -0.05) is 6.92 Å². The van der Waals surface area contributed by atoms with Gasteiger partial charge in [-0.25, -0.2) is 9.59 Å². The summed E-state index contributed by atoms with van der Waals surface area (Å²) in [6.07, 6.45) is 2.00. The summed E-state index contributed by atoms with van der Waals surface area (Å²) in [6, 6.07) is -0.450. The van der Waals surface area contributed by atoms with E-state index in [1.165, 1.54) is 6.92 Å². The number of carbonyl (C=O) groups is 2. The molecule has 0 spiro atoms. The molecule has 1 atom stereocenters. The number of hydrogen-bond donors (Lipinski definition) is 3. The number of unbranched alkanes of at least 4 members (excludes halogenated alkanes) is 1.